The summed E-state index contributed by atoms with van der Waals surface area (Å²) in [4.78, 5) is 0. The molecule has 0 saturated heterocycles. The minimum absolute atomic E-state index is 0.0739. The van der Waals surface area contributed by atoms with E-state index in [1.54, 1.807) is 0 Å². The van der Waals surface area contributed by atoms with Gasteiger partial charge >= 0.3 is 0 Å². The van der Waals surface area contributed by atoms with E-state index in [1.165, 1.54) is 14.1 Å². The number of aliphatic hydroxyl groups excluding tert-OH is 1. The van der Waals surface area contributed by atoms with Gasteiger partial charge in [-0.25, -0.2) is 0 Å². The van der Waals surface area contributed by atoms with E-state index in [4.69, 9.17) is 5.11 Å². The number of nitrogens with zero attached hydrogens (tertiary/aromatic N) is 1. The lowest BCUT2D eigenvalue weighted by molar-refractivity contribution is 0.272. The largest absolute Gasteiger partial charge is 0.396 e. The van der Waals surface area contributed by atoms with E-state index in [9.17, 15) is 8.42 Å². The molecule has 0 spiro atoms. The molecule has 0 amide bonds. The monoisotopic (exact) mass is 258 g/mol. The van der Waals surface area contributed by atoms with Crippen LogP contribution in [0.15, 0.2) is 30.3 Å². The summed E-state index contributed by atoms with van der Waals surface area (Å²) in [5.74, 6) is 0. The van der Waals surface area contributed by atoms with E-state index in [-0.39, 0.29) is 6.61 Å². The Labute approximate surface area is 102 Å². The van der Waals surface area contributed by atoms with Crippen molar-refractivity contribution in [2.45, 2.75) is 12.5 Å². The van der Waals surface area contributed by atoms with Crippen LogP contribution < -0.4 is 4.72 Å². The van der Waals surface area contributed by atoms with Crippen molar-refractivity contribution in [1.82, 2.24) is 9.03 Å². The molecule has 1 aromatic carbocycles. The summed E-state index contributed by atoms with van der Waals surface area (Å²) >= 11 is 0. The predicted octanol–water partition coefficient (Wildman–Crippen LogP) is 0.506. The Morgan fingerprint density at radius 2 is 1.88 bits per heavy atom. The smallest absolute Gasteiger partial charge is 0.279 e. The second-order valence-electron chi connectivity index (χ2n) is 3.88. The molecule has 1 rings (SSSR count). The molecule has 0 aliphatic carbocycles. The third-order valence-electron chi connectivity index (χ3n) is 2.39. The number of hydrogen-bond acceptors (Lipinski definition) is 3. The normalized spacial score (nSPS) is 13.9. The van der Waals surface area contributed by atoms with Gasteiger partial charge in [-0.1, -0.05) is 30.3 Å². The molecule has 0 radical (unpaired) electrons. The number of nitrogens with one attached hydrogen (secondary N) is 1. The van der Waals surface area contributed by atoms with Crippen molar-refractivity contribution in [3.63, 3.8) is 0 Å². The van der Waals surface area contributed by atoms with Crippen molar-refractivity contribution in [2.24, 2.45) is 0 Å². The van der Waals surface area contributed by atoms with Gasteiger partial charge in [-0.05, 0) is 12.0 Å². The SMILES string of the molecule is CN(C)S(=O)(=O)N[C@H](CCO)c1ccccc1. The van der Waals surface area contributed by atoms with Crippen molar-refractivity contribution in [1.29, 1.82) is 0 Å². The van der Waals surface area contributed by atoms with Crippen molar-refractivity contribution in [3.05, 3.63) is 35.9 Å². The first-order chi connectivity index (χ1) is 7.97. The van der Waals surface area contributed by atoms with Gasteiger partial charge in [0, 0.05) is 20.7 Å². The molecule has 0 heterocycles. The van der Waals surface area contributed by atoms with Crippen LogP contribution in [0.1, 0.15) is 18.0 Å². The molecule has 0 bridgehead atoms. The molecule has 0 aliphatic heterocycles. The van der Waals surface area contributed by atoms with Gasteiger partial charge in [0.25, 0.3) is 10.2 Å². The molecule has 0 aliphatic rings. The summed E-state index contributed by atoms with van der Waals surface area (Å²) < 4.78 is 27.1. The standard InChI is InChI=1S/C11H18N2O3S/c1-13(2)17(15,16)12-11(8-9-14)10-6-4-3-5-7-10/h3-7,11-12,14H,8-9H2,1-2H3/t11-/m1/s1. The summed E-state index contributed by atoms with van der Waals surface area (Å²) in [5.41, 5.74) is 0.840. The first kappa shape index (κ1) is 14.1. The average molecular weight is 258 g/mol. The van der Waals surface area contributed by atoms with Crippen molar-refractivity contribution in [2.75, 3.05) is 20.7 Å². The van der Waals surface area contributed by atoms with Gasteiger partial charge in [0.15, 0.2) is 0 Å². The maximum absolute atomic E-state index is 11.7. The van der Waals surface area contributed by atoms with E-state index < -0.39 is 16.3 Å². The molecule has 0 unspecified atom stereocenters. The van der Waals surface area contributed by atoms with Crippen LogP contribution in [-0.4, -0.2) is 38.5 Å². The fraction of sp³-hybridized carbons (Fsp3) is 0.455. The lowest BCUT2D eigenvalue weighted by Gasteiger charge is -2.20. The zero-order valence-corrected chi connectivity index (χ0v) is 10.8. The highest BCUT2D eigenvalue weighted by Crippen LogP contribution is 2.17. The summed E-state index contributed by atoms with van der Waals surface area (Å²) in [7, 11) is -0.572. The van der Waals surface area contributed by atoms with Crippen LogP contribution in [0.25, 0.3) is 0 Å². The first-order valence-electron chi connectivity index (χ1n) is 5.33. The topological polar surface area (TPSA) is 69.6 Å². The van der Waals surface area contributed by atoms with E-state index >= 15 is 0 Å². The highest BCUT2D eigenvalue weighted by molar-refractivity contribution is 7.87. The van der Waals surface area contributed by atoms with Gasteiger partial charge in [-0.3, -0.25) is 0 Å². The number of rotatable bonds is 6. The van der Waals surface area contributed by atoms with Crippen molar-refractivity contribution < 1.29 is 13.5 Å². The molecule has 0 saturated carbocycles. The van der Waals surface area contributed by atoms with Crippen molar-refractivity contribution in [3.8, 4) is 0 Å². The predicted molar refractivity (Wildman–Crippen MR) is 66.6 cm³/mol. The molecule has 1 aromatic rings. The molecule has 0 fully saturated rings. The summed E-state index contributed by atoms with van der Waals surface area (Å²) in [6.07, 6.45) is 0.344. The van der Waals surface area contributed by atoms with Gasteiger partial charge in [0.1, 0.15) is 0 Å². The Hall–Kier alpha value is -0.950. The zero-order chi connectivity index (χ0) is 12.9. The molecule has 96 valence electrons. The lowest BCUT2D eigenvalue weighted by atomic mass is 10.1. The third kappa shape index (κ3) is 4.08. The molecule has 5 nitrogen and oxygen atoms in total. The fourth-order valence-corrected chi connectivity index (χ4v) is 2.22. The van der Waals surface area contributed by atoms with Crippen LogP contribution in [0.5, 0.6) is 0 Å². The molecular formula is C11H18N2O3S. The molecule has 2 N–H and O–H groups in total. The molecule has 0 aromatic heterocycles. The lowest BCUT2D eigenvalue weighted by Crippen LogP contribution is -2.38. The minimum Gasteiger partial charge on any atom is -0.396 e. The molecule has 17 heavy (non-hydrogen) atoms. The summed E-state index contributed by atoms with van der Waals surface area (Å²) in [6.45, 7) is -0.0739. The van der Waals surface area contributed by atoms with Gasteiger partial charge in [0.05, 0.1) is 6.04 Å². The second kappa shape index (κ2) is 6.11. The maximum atomic E-state index is 11.7. The van der Waals surface area contributed by atoms with Crippen LogP contribution in [-0.2, 0) is 10.2 Å². The van der Waals surface area contributed by atoms with Crippen LogP contribution in [0, 0.1) is 0 Å². The second-order valence-corrected chi connectivity index (χ2v) is 5.80. The molecule has 6 heteroatoms. The Kier molecular flexibility index (Phi) is 5.07. The Balaban J connectivity index is 2.89. The average Bonchev–Trinajstić information content (AvgIpc) is 2.29. The van der Waals surface area contributed by atoms with Gasteiger partial charge in [0.2, 0.25) is 0 Å². The summed E-state index contributed by atoms with van der Waals surface area (Å²) in [6, 6.07) is 8.79. The first-order valence-corrected chi connectivity index (χ1v) is 6.77. The van der Waals surface area contributed by atoms with Crippen LogP contribution in [0.4, 0.5) is 0 Å². The highest BCUT2D eigenvalue weighted by Gasteiger charge is 2.20. The highest BCUT2D eigenvalue weighted by atomic mass is 32.2. The van der Waals surface area contributed by atoms with E-state index in [1.807, 2.05) is 30.3 Å². The molecule has 1 atom stereocenters. The Morgan fingerprint density at radius 3 is 2.35 bits per heavy atom. The Morgan fingerprint density at radius 1 is 1.29 bits per heavy atom. The molecular weight excluding hydrogens is 240 g/mol. The zero-order valence-electron chi connectivity index (χ0n) is 10.00. The Bertz CT molecular complexity index is 431. The maximum Gasteiger partial charge on any atom is 0.279 e. The quantitative estimate of drug-likeness (QED) is 0.781. The van der Waals surface area contributed by atoms with E-state index in [0.717, 1.165) is 9.87 Å². The van der Waals surface area contributed by atoms with Gasteiger partial charge in [-0.15, -0.1) is 0 Å². The summed E-state index contributed by atoms with van der Waals surface area (Å²) in [5, 5.41) is 8.99. The fourth-order valence-electron chi connectivity index (χ4n) is 1.39. The van der Waals surface area contributed by atoms with Crippen LogP contribution in [0.3, 0.4) is 0 Å². The van der Waals surface area contributed by atoms with Gasteiger partial charge < -0.3 is 5.11 Å². The van der Waals surface area contributed by atoms with Crippen molar-refractivity contribution >= 4 is 10.2 Å². The number of hydrogen-bond donors (Lipinski definition) is 2. The third-order valence-corrected chi connectivity index (χ3v) is 3.94. The number of benzene rings is 1. The van der Waals surface area contributed by atoms with E-state index in [0.29, 0.717) is 6.42 Å². The van der Waals surface area contributed by atoms with Crippen LogP contribution in [0.2, 0.25) is 0 Å². The number of aliphatic hydroxyl groups is 1. The minimum atomic E-state index is -3.50. The van der Waals surface area contributed by atoms with E-state index in [2.05, 4.69) is 4.72 Å². The van der Waals surface area contributed by atoms with Gasteiger partial charge in [-0.2, -0.15) is 17.4 Å². The van der Waals surface area contributed by atoms with Crippen LogP contribution >= 0.6 is 0 Å².